The lowest BCUT2D eigenvalue weighted by atomic mass is 10.2. The van der Waals surface area contributed by atoms with Crippen molar-refractivity contribution in [2.45, 2.75) is 4.90 Å². The molecule has 2 rings (SSSR count). The van der Waals surface area contributed by atoms with Crippen LogP contribution in [-0.4, -0.2) is 4.55 Å². The fourth-order valence-electron chi connectivity index (χ4n) is 1.45. The Bertz CT molecular complexity index is 496. The van der Waals surface area contributed by atoms with Crippen LogP contribution in [0.1, 0.15) is 5.56 Å². The second kappa shape index (κ2) is 5.57. The Morgan fingerprint density at radius 2 is 1.47 bits per heavy atom. The van der Waals surface area contributed by atoms with Gasteiger partial charge in [-0.05, 0) is 17.7 Å². The predicted octanol–water partition coefficient (Wildman–Crippen LogP) is 2.75. The van der Waals surface area contributed by atoms with Gasteiger partial charge in [0, 0.05) is 17.3 Å². The zero-order valence-corrected chi connectivity index (χ0v) is 10.1. The molecule has 2 N–H and O–H groups in total. The second-order valence-electron chi connectivity index (χ2n) is 3.54. The van der Waals surface area contributed by atoms with E-state index in [2.05, 4.69) is 0 Å². The molecular weight excluding hydrogens is 230 g/mol. The quantitative estimate of drug-likeness (QED) is 0.843. The maximum Gasteiger partial charge on any atom is 0.222 e. The van der Waals surface area contributed by atoms with E-state index in [1.807, 2.05) is 60.7 Å². The van der Waals surface area contributed by atoms with Crippen LogP contribution in [-0.2, 0) is 11.2 Å². The van der Waals surface area contributed by atoms with Gasteiger partial charge in [-0.2, -0.15) is 0 Å². The molecule has 0 aliphatic carbocycles. The van der Waals surface area contributed by atoms with Gasteiger partial charge < -0.3 is 10.3 Å². The third-order valence-corrected chi connectivity index (χ3v) is 3.53. The fourth-order valence-corrected chi connectivity index (χ4v) is 2.37. The first-order chi connectivity index (χ1) is 8.27. The summed E-state index contributed by atoms with van der Waals surface area (Å²) in [7, 11) is 0. The van der Waals surface area contributed by atoms with E-state index in [0.29, 0.717) is 5.03 Å². The molecule has 86 valence electrons. The second-order valence-corrected chi connectivity index (χ2v) is 5.02. The number of hydrogen-bond acceptors (Lipinski definition) is 2. The molecule has 0 spiro atoms. The minimum Gasteiger partial charge on any atom is -0.605 e. The smallest absolute Gasteiger partial charge is 0.222 e. The van der Waals surface area contributed by atoms with Gasteiger partial charge in [0.05, 0.1) is 0 Å². The van der Waals surface area contributed by atoms with E-state index >= 15 is 0 Å². The van der Waals surface area contributed by atoms with Crippen molar-refractivity contribution in [2.75, 3.05) is 0 Å². The van der Waals surface area contributed by atoms with Crippen LogP contribution in [0.3, 0.4) is 0 Å². The van der Waals surface area contributed by atoms with Gasteiger partial charge >= 0.3 is 0 Å². The minimum atomic E-state index is -1.29. The first-order valence-electron chi connectivity index (χ1n) is 5.26. The molecule has 0 saturated heterocycles. The van der Waals surface area contributed by atoms with Gasteiger partial charge in [0.25, 0.3) is 0 Å². The minimum absolute atomic E-state index is 0.363. The van der Waals surface area contributed by atoms with E-state index in [1.54, 1.807) is 6.08 Å². The average molecular weight is 243 g/mol. The highest BCUT2D eigenvalue weighted by molar-refractivity contribution is 7.95. The summed E-state index contributed by atoms with van der Waals surface area (Å²) in [6.07, 6.45) is 1.74. The molecule has 0 aliphatic rings. The van der Waals surface area contributed by atoms with E-state index < -0.39 is 11.2 Å². The molecule has 17 heavy (non-hydrogen) atoms. The van der Waals surface area contributed by atoms with Crippen molar-refractivity contribution >= 4 is 17.3 Å². The van der Waals surface area contributed by atoms with Crippen molar-refractivity contribution in [3.63, 3.8) is 0 Å². The molecule has 2 nitrogen and oxygen atoms in total. The van der Waals surface area contributed by atoms with Crippen molar-refractivity contribution in [2.24, 2.45) is 5.73 Å². The summed E-state index contributed by atoms with van der Waals surface area (Å²) in [4.78, 5) is 0.720. The maximum absolute atomic E-state index is 12.1. The van der Waals surface area contributed by atoms with Crippen LogP contribution >= 0.6 is 0 Å². The Morgan fingerprint density at radius 3 is 2.06 bits per heavy atom. The molecule has 0 heterocycles. The zero-order chi connectivity index (χ0) is 12.1. The Kier molecular flexibility index (Phi) is 3.85. The first kappa shape index (κ1) is 11.8. The first-order valence-corrected chi connectivity index (χ1v) is 6.41. The predicted molar refractivity (Wildman–Crippen MR) is 71.5 cm³/mol. The lowest BCUT2D eigenvalue weighted by Gasteiger charge is -2.09. The van der Waals surface area contributed by atoms with Gasteiger partial charge in [0.2, 0.25) is 5.03 Å². The normalized spacial score (nSPS) is 13.4. The van der Waals surface area contributed by atoms with E-state index in [0.717, 1.165) is 10.5 Å². The van der Waals surface area contributed by atoms with Crippen LogP contribution in [0.25, 0.3) is 6.08 Å². The van der Waals surface area contributed by atoms with Crippen LogP contribution < -0.4 is 5.73 Å². The summed E-state index contributed by atoms with van der Waals surface area (Å²) in [6, 6.07) is 18.8. The fraction of sp³-hybridized carbons (Fsp3) is 0. The van der Waals surface area contributed by atoms with Crippen molar-refractivity contribution in [1.82, 2.24) is 0 Å². The molecule has 0 aliphatic heterocycles. The highest BCUT2D eigenvalue weighted by Crippen LogP contribution is 2.17. The van der Waals surface area contributed by atoms with Crippen LogP contribution in [0.4, 0.5) is 0 Å². The number of hydrogen-bond donors (Lipinski definition) is 1. The molecule has 0 amide bonds. The zero-order valence-electron chi connectivity index (χ0n) is 9.24. The summed E-state index contributed by atoms with van der Waals surface area (Å²) in [5, 5.41) is 0.363. The van der Waals surface area contributed by atoms with Crippen molar-refractivity contribution in [3.05, 3.63) is 71.3 Å². The molecule has 0 bridgehead atoms. The van der Waals surface area contributed by atoms with Gasteiger partial charge in [0.15, 0.2) is 4.90 Å². The molecule has 2 aromatic rings. The number of nitrogens with two attached hydrogens (primary N) is 1. The van der Waals surface area contributed by atoms with Gasteiger partial charge in [-0.3, -0.25) is 0 Å². The van der Waals surface area contributed by atoms with E-state index in [1.165, 1.54) is 0 Å². The SMILES string of the molecule is N/C(=C\c1ccccc1)[S+]([O-])c1ccccc1. The van der Waals surface area contributed by atoms with Gasteiger partial charge in [0.1, 0.15) is 0 Å². The highest BCUT2D eigenvalue weighted by Gasteiger charge is 2.13. The Morgan fingerprint density at radius 1 is 0.941 bits per heavy atom. The van der Waals surface area contributed by atoms with E-state index in [9.17, 15) is 4.55 Å². The van der Waals surface area contributed by atoms with Crippen molar-refractivity contribution in [3.8, 4) is 0 Å². The largest absolute Gasteiger partial charge is 0.605 e. The van der Waals surface area contributed by atoms with Crippen LogP contribution in [0, 0.1) is 0 Å². The van der Waals surface area contributed by atoms with Gasteiger partial charge in [-0.1, -0.05) is 48.5 Å². The summed E-state index contributed by atoms with van der Waals surface area (Å²) in [6.45, 7) is 0. The number of rotatable bonds is 3. The van der Waals surface area contributed by atoms with Crippen LogP contribution in [0.15, 0.2) is 70.6 Å². The van der Waals surface area contributed by atoms with Gasteiger partial charge in [-0.15, -0.1) is 0 Å². The number of benzene rings is 2. The molecule has 3 heteroatoms. The lowest BCUT2D eigenvalue weighted by Crippen LogP contribution is -2.12. The molecule has 0 fully saturated rings. The van der Waals surface area contributed by atoms with Crippen molar-refractivity contribution < 1.29 is 4.55 Å². The summed E-state index contributed by atoms with van der Waals surface area (Å²) in [5.74, 6) is 0. The Balaban J connectivity index is 2.21. The van der Waals surface area contributed by atoms with Gasteiger partial charge in [-0.25, -0.2) is 0 Å². The maximum atomic E-state index is 12.1. The van der Waals surface area contributed by atoms with E-state index in [4.69, 9.17) is 5.73 Å². The lowest BCUT2D eigenvalue weighted by molar-refractivity contribution is 0.601. The van der Waals surface area contributed by atoms with Crippen molar-refractivity contribution in [1.29, 1.82) is 0 Å². The Labute approximate surface area is 104 Å². The van der Waals surface area contributed by atoms with E-state index in [-0.39, 0.29) is 0 Å². The van der Waals surface area contributed by atoms with Crippen LogP contribution in [0.2, 0.25) is 0 Å². The summed E-state index contributed by atoms with van der Waals surface area (Å²) < 4.78 is 12.1. The Hall–Kier alpha value is -1.71. The molecule has 0 radical (unpaired) electrons. The molecule has 1 atom stereocenters. The average Bonchev–Trinajstić information content (AvgIpc) is 2.40. The summed E-state index contributed by atoms with van der Waals surface area (Å²) >= 11 is -1.29. The standard InChI is InChI=1S/C14H13NOS/c15-14(11-12-7-3-1-4-8-12)17(16)13-9-5-2-6-10-13/h1-11H,15H2/b14-11+. The monoisotopic (exact) mass is 243 g/mol. The van der Waals surface area contributed by atoms with Crippen LogP contribution in [0.5, 0.6) is 0 Å². The molecule has 1 unspecified atom stereocenters. The highest BCUT2D eigenvalue weighted by atomic mass is 32.2. The molecule has 0 saturated carbocycles. The third kappa shape index (κ3) is 3.12. The molecular formula is C14H13NOS. The topological polar surface area (TPSA) is 49.1 Å². The summed E-state index contributed by atoms with van der Waals surface area (Å²) in [5.41, 5.74) is 6.80. The molecule has 2 aromatic carbocycles. The molecule has 0 aromatic heterocycles. The third-order valence-electron chi connectivity index (χ3n) is 2.28.